The van der Waals surface area contributed by atoms with Gasteiger partial charge in [0, 0.05) is 11.6 Å². The third-order valence-electron chi connectivity index (χ3n) is 3.33. The molecule has 0 fully saturated rings. The molecule has 0 amide bonds. The van der Waals surface area contributed by atoms with Crippen molar-refractivity contribution in [3.63, 3.8) is 0 Å². The van der Waals surface area contributed by atoms with Crippen molar-refractivity contribution in [3.05, 3.63) is 47.5 Å². The lowest BCUT2D eigenvalue weighted by Crippen LogP contribution is -2.11. The summed E-state index contributed by atoms with van der Waals surface area (Å²) in [4.78, 5) is 18.7. The number of benzene rings is 2. The van der Waals surface area contributed by atoms with Gasteiger partial charge in [-0.25, -0.2) is 0 Å². The Balaban J connectivity index is 2.15. The van der Waals surface area contributed by atoms with Crippen LogP contribution < -0.4 is 5.30 Å². The van der Waals surface area contributed by atoms with Crippen molar-refractivity contribution < 1.29 is 29.7 Å². The molecule has 2 rings (SSSR count). The molecular weight excluding hydrogens is 307 g/mol. The van der Waals surface area contributed by atoms with E-state index >= 15 is 0 Å². The number of phenols is 3. The van der Waals surface area contributed by atoms with E-state index in [1.54, 1.807) is 24.3 Å². The highest BCUT2D eigenvalue weighted by molar-refractivity contribution is 7.60. The van der Waals surface area contributed by atoms with Gasteiger partial charge in [0.1, 0.15) is 17.2 Å². The van der Waals surface area contributed by atoms with Crippen LogP contribution >= 0.6 is 7.60 Å². The zero-order valence-corrected chi connectivity index (χ0v) is 12.6. The van der Waals surface area contributed by atoms with Crippen molar-refractivity contribution in [2.75, 3.05) is 0 Å². The average Bonchev–Trinajstić information content (AvgIpc) is 2.41. The highest BCUT2D eigenvalue weighted by atomic mass is 31.2. The largest absolute Gasteiger partial charge is 0.508 e. The first-order chi connectivity index (χ1) is 10.3. The Kier molecular flexibility index (Phi) is 4.76. The van der Waals surface area contributed by atoms with Crippen LogP contribution in [0.1, 0.15) is 17.5 Å². The summed E-state index contributed by atoms with van der Waals surface area (Å²) in [6, 6.07) is 8.69. The Hall–Kier alpha value is -2.01. The van der Waals surface area contributed by atoms with Gasteiger partial charge in [0.05, 0.1) is 5.30 Å². The molecule has 22 heavy (non-hydrogen) atoms. The second kappa shape index (κ2) is 6.40. The molecule has 0 unspecified atom stereocenters. The summed E-state index contributed by atoms with van der Waals surface area (Å²) in [7, 11) is -4.58. The molecule has 7 heteroatoms. The van der Waals surface area contributed by atoms with E-state index in [2.05, 4.69) is 0 Å². The number of rotatable bonds is 5. The zero-order chi connectivity index (χ0) is 16.3. The standard InChI is InChI=1S/C15H17O6P/c16-11-6-4-10(5-7-11)2-1-3-13-14(18)8-12(17)9-15(13)22(19,20)21/h4-9,16-18H,1-3H2,(H2,19,20,21). The van der Waals surface area contributed by atoms with Crippen molar-refractivity contribution in [3.8, 4) is 17.2 Å². The Morgan fingerprint density at radius 3 is 2.09 bits per heavy atom. The summed E-state index contributed by atoms with van der Waals surface area (Å²) in [5, 5.41) is 28.1. The highest BCUT2D eigenvalue weighted by Gasteiger charge is 2.24. The molecule has 0 radical (unpaired) electrons. The Bertz CT molecular complexity index is 705. The summed E-state index contributed by atoms with van der Waals surface area (Å²) < 4.78 is 11.5. The number of aryl methyl sites for hydroxylation is 1. The van der Waals surface area contributed by atoms with Crippen molar-refractivity contribution in [2.24, 2.45) is 0 Å². The van der Waals surface area contributed by atoms with E-state index in [4.69, 9.17) is 0 Å². The number of phenolic OH excluding ortho intramolecular Hbond substituents is 3. The summed E-state index contributed by atoms with van der Waals surface area (Å²) >= 11 is 0. The molecule has 6 nitrogen and oxygen atoms in total. The van der Waals surface area contributed by atoms with Gasteiger partial charge in [-0.1, -0.05) is 12.1 Å². The predicted molar refractivity (Wildman–Crippen MR) is 81.6 cm³/mol. The second-order valence-corrected chi connectivity index (χ2v) is 6.60. The van der Waals surface area contributed by atoms with Crippen LogP contribution in [-0.4, -0.2) is 25.1 Å². The SMILES string of the molecule is O=P(O)(O)c1cc(O)cc(O)c1CCCc1ccc(O)cc1. The van der Waals surface area contributed by atoms with Gasteiger partial charge in [-0.15, -0.1) is 0 Å². The Morgan fingerprint density at radius 2 is 1.50 bits per heavy atom. The van der Waals surface area contributed by atoms with Crippen LogP contribution in [0.3, 0.4) is 0 Å². The molecule has 0 bridgehead atoms. The lowest BCUT2D eigenvalue weighted by molar-refractivity contribution is 0.385. The smallest absolute Gasteiger partial charge is 0.356 e. The van der Waals surface area contributed by atoms with Crippen LogP contribution in [0, 0.1) is 0 Å². The molecular formula is C15H17O6P. The molecule has 0 aromatic heterocycles. The van der Waals surface area contributed by atoms with Gasteiger partial charge in [0.2, 0.25) is 0 Å². The molecule has 2 aromatic carbocycles. The molecule has 0 aliphatic heterocycles. The minimum absolute atomic E-state index is 0.143. The quantitative estimate of drug-likeness (QED) is 0.535. The van der Waals surface area contributed by atoms with E-state index in [0.717, 1.165) is 17.7 Å². The summed E-state index contributed by atoms with van der Waals surface area (Å²) in [6.45, 7) is 0. The van der Waals surface area contributed by atoms with E-state index < -0.39 is 13.3 Å². The molecule has 0 aliphatic carbocycles. The lowest BCUT2D eigenvalue weighted by atomic mass is 10.0. The van der Waals surface area contributed by atoms with E-state index in [9.17, 15) is 29.7 Å². The van der Waals surface area contributed by atoms with E-state index in [0.29, 0.717) is 12.8 Å². The molecule has 0 saturated carbocycles. The fraction of sp³-hybridized carbons (Fsp3) is 0.200. The lowest BCUT2D eigenvalue weighted by Gasteiger charge is -2.13. The van der Waals surface area contributed by atoms with Gasteiger partial charge in [0.25, 0.3) is 0 Å². The van der Waals surface area contributed by atoms with Gasteiger partial charge in [-0.2, -0.15) is 0 Å². The Morgan fingerprint density at radius 1 is 0.864 bits per heavy atom. The maximum atomic E-state index is 11.5. The maximum absolute atomic E-state index is 11.5. The summed E-state index contributed by atoms with van der Waals surface area (Å²) in [5.41, 5.74) is 1.11. The number of hydrogen-bond acceptors (Lipinski definition) is 4. The van der Waals surface area contributed by atoms with E-state index in [-0.39, 0.29) is 28.8 Å². The average molecular weight is 324 g/mol. The molecule has 0 aliphatic rings. The van der Waals surface area contributed by atoms with Gasteiger partial charge < -0.3 is 25.1 Å². The van der Waals surface area contributed by atoms with Gasteiger partial charge in [-0.3, -0.25) is 4.57 Å². The van der Waals surface area contributed by atoms with Gasteiger partial charge in [-0.05, 0) is 43.0 Å². The molecule has 0 spiro atoms. The van der Waals surface area contributed by atoms with Crippen molar-refractivity contribution in [2.45, 2.75) is 19.3 Å². The topological polar surface area (TPSA) is 118 Å². The third-order valence-corrected chi connectivity index (χ3v) is 4.36. The first-order valence-electron chi connectivity index (χ1n) is 6.66. The van der Waals surface area contributed by atoms with Gasteiger partial charge >= 0.3 is 7.60 Å². The minimum Gasteiger partial charge on any atom is -0.508 e. The molecule has 118 valence electrons. The maximum Gasteiger partial charge on any atom is 0.356 e. The second-order valence-electron chi connectivity index (χ2n) is 5.03. The van der Waals surface area contributed by atoms with Crippen LogP contribution in [0.4, 0.5) is 0 Å². The predicted octanol–water partition coefficient (Wildman–Crippen LogP) is 1.78. The molecule has 0 saturated heterocycles. The molecule has 0 heterocycles. The Labute approximate surface area is 127 Å². The van der Waals surface area contributed by atoms with Gasteiger partial charge in [0.15, 0.2) is 0 Å². The third kappa shape index (κ3) is 4.01. The van der Waals surface area contributed by atoms with Crippen molar-refractivity contribution in [1.82, 2.24) is 0 Å². The van der Waals surface area contributed by atoms with E-state index in [1.807, 2.05) is 0 Å². The zero-order valence-electron chi connectivity index (χ0n) is 11.7. The molecule has 2 aromatic rings. The summed E-state index contributed by atoms with van der Waals surface area (Å²) in [5.74, 6) is -0.550. The molecule has 5 N–H and O–H groups in total. The monoisotopic (exact) mass is 324 g/mol. The van der Waals surface area contributed by atoms with E-state index in [1.165, 1.54) is 0 Å². The van der Waals surface area contributed by atoms with Crippen LogP contribution in [0.25, 0.3) is 0 Å². The van der Waals surface area contributed by atoms with Crippen molar-refractivity contribution in [1.29, 1.82) is 0 Å². The molecule has 0 atom stereocenters. The number of aromatic hydroxyl groups is 3. The fourth-order valence-electron chi connectivity index (χ4n) is 2.28. The van der Waals surface area contributed by atoms with Crippen LogP contribution in [-0.2, 0) is 17.4 Å². The van der Waals surface area contributed by atoms with Crippen molar-refractivity contribution >= 4 is 12.9 Å². The number of hydrogen-bond donors (Lipinski definition) is 5. The first-order valence-corrected chi connectivity index (χ1v) is 8.27. The normalized spacial score (nSPS) is 11.5. The fourth-order valence-corrected chi connectivity index (χ4v) is 3.15. The van der Waals surface area contributed by atoms with Crippen LogP contribution in [0.2, 0.25) is 0 Å². The minimum atomic E-state index is -4.58. The van der Waals surface area contributed by atoms with Crippen LogP contribution in [0.15, 0.2) is 36.4 Å². The summed E-state index contributed by atoms with van der Waals surface area (Å²) in [6.07, 6.45) is 1.44. The highest BCUT2D eigenvalue weighted by Crippen LogP contribution is 2.39. The van der Waals surface area contributed by atoms with Crippen LogP contribution in [0.5, 0.6) is 17.2 Å². The first kappa shape index (κ1) is 16.4.